The van der Waals surface area contributed by atoms with Gasteiger partial charge in [-0.15, -0.1) is 0 Å². The van der Waals surface area contributed by atoms with Gasteiger partial charge in [-0.3, -0.25) is 0 Å². The molecule has 2 rings (SSSR count). The van der Waals surface area contributed by atoms with Crippen molar-refractivity contribution in [3.8, 4) is 0 Å². The highest BCUT2D eigenvalue weighted by Gasteiger charge is 2.23. The van der Waals surface area contributed by atoms with E-state index in [9.17, 15) is 4.57 Å². The van der Waals surface area contributed by atoms with Gasteiger partial charge in [0.25, 0.3) is 0 Å². The Labute approximate surface area is 94.6 Å². The molecular formula is C12H13OPS. The van der Waals surface area contributed by atoms with Crippen molar-refractivity contribution in [3.63, 3.8) is 0 Å². The number of hydrogen-bond acceptors (Lipinski definition) is 2. The van der Waals surface area contributed by atoms with E-state index in [2.05, 4.69) is 0 Å². The highest BCUT2D eigenvalue weighted by Crippen LogP contribution is 2.55. The van der Waals surface area contributed by atoms with Crippen molar-refractivity contribution in [2.45, 2.75) is 13.8 Å². The Morgan fingerprint density at radius 1 is 1.00 bits per heavy atom. The lowest BCUT2D eigenvalue weighted by atomic mass is 10.4. The summed E-state index contributed by atoms with van der Waals surface area (Å²) < 4.78 is 12.7. The Bertz CT molecular complexity index is 452. The summed E-state index contributed by atoms with van der Waals surface area (Å²) in [5, 5.41) is 0.920. The van der Waals surface area contributed by atoms with Crippen LogP contribution in [-0.2, 0) is 4.57 Å². The molecule has 1 aromatic carbocycles. The van der Waals surface area contributed by atoms with E-state index in [0.717, 1.165) is 15.1 Å². The zero-order chi connectivity index (χ0) is 10.9. The molecule has 78 valence electrons. The van der Waals surface area contributed by atoms with E-state index < -0.39 is 7.14 Å². The monoisotopic (exact) mass is 236 g/mol. The van der Waals surface area contributed by atoms with Crippen LogP contribution in [0.1, 0.15) is 13.8 Å². The molecule has 0 fully saturated rings. The molecule has 0 bridgehead atoms. The first-order valence-corrected chi connectivity index (χ1v) is 7.48. The molecular weight excluding hydrogens is 223 g/mol. The number of benzene rings is 1. The molecule has 0 saturated carbocycles. The van der Waals surface area contributed by atoms with Crippen LogP contribution in [0, 0.1) is 0 Å². The van der Waals surface area contributed by atoms with Gasteiger partial charge in [0.15, 0.2) is 7.14 Å². The molecule has 1 aliphatic heterocycles. The van der Waals surface area contributed by atoms with Crippen molar-refractivity contribution < 1.29 is 4.57 Å². The summed E-state index contributed by atoms with van der Waals surface area (Å²) in [5.41, 5.74) is 0. The summed E-state index contributed by atoms with van der Waals surface area (Å²) in [5.74, 6) is 3.81. The summed E-state index contributed by atoms with van der Waals surface area (Å²) in [6.07, 6.45) is 0. The highest BCUT2D eigenvalue weighted by atomic mass is 32.2. The minimum atomic E-state index is -2.42. The predicted molar refractivity (Wildman–Crippen MR) is 68.8 cm³/mol. The quantitative estimate of drug-likeness (QED) is 0.681. The number of rotatable bonds is 1. The number of allylic oxidation sites excluding steroid dienone is 2. The molecule has 1 aliphatic rings. The van der Waals surface area contributed by atoms with Gasteiger partial charge in [0, 0.05) is 5.30 Å². The van der Waals surface area contributed by atoms with E-state index in [-0.39, 0.29) is 0 Å². The van der Waals surface area contributed by atoms with E-state index in [1.165, 1.54) is 0 Å². The minimum Gasteiger partial charge on any atom is -0.310 e. The fourth-order valence-electron chi connectivity index (χ4n) is 1.69. The van der Waals surface area contributed by atoms with Crippen LogP contribution in [0.15, 0.2) is 51.8 Å². The zero-order valence-electron chi connectivity index (χ0n) is 8.81. The summed E-state index contributed by atoms with van der Waals surface area (Å²) in [6, 6.07) is 9.68. The van der Waals surface area contributed by atoms with Gasteiger partial charge in [-0.05, 0) is 35.3 Å². The van der Waals surface area contributed by atoms with Crippen LogP contribution in [0.5, 0.6) is 0 Å². The largest absolute Gasteiger partial charge is 0.310 e. The molecule has 0 unspecified atom stereocenters. The highest BCUT2D eigenvalue weighted by molar-refractivity contribution is 8.08. The van der Waals surface area contributed by atoms with Gasteiger partial charge in [0.2, 0.25) is 0 Å². The van der Waals surface area contributed by atoms with Gasteiger partial charge in [-0.25, -0.2) is 0 Å². The SMILES string of the molecule is CC1=CP(=O)(c2ccccc2)C=C(C)S1. The smallest absolute Gasteiger partial charge is 0.158 e. The van der Waals surface area contributed by atoms with Gasteiger partial charge in [-0.1, -0.05) is 42.1 Å². The van der Waals surface area contributed by atoms with Crippen LogP contribution in [0.3, 0.4) is 0 Å². The molecule has 0 aromatic heterocycles. The number of hydrogen-bond donors (Lipinski definition) is 0. The first kappa shape index (κ1) is 10.8. The van der Waals surface area contributed by atoms with Crippen LogP contribution >= 0.6 is 18.9 Å². The molecule has 0 amide bonds. The van der Waals surface area contributed by atoms with Crippen LogP contribution in [0.4, 0.5) is 0 Å². The fraction of sp³-hybridized carbons (Fsp3) is 0.167. The van der Waals surface area contributed by atoms with Crippen LogP contribution in [-0.4, -0.2) is 0 Å². The Kier molecular flexibility index (Phi) is 2.90. The average molecular weight is 236 g/mol. The molecule has 15 heavy (non-hydrogen) atoms. The molecule has 1 nitrogen and oxygen atoms in total. The van der Waals surface area contributed by atoms with Crippen molar-refractivity contribution in [1.82, 2.24) is 0 Å². The summed E-state index contributed by atoms with van der Waals surface area (Å²) >= 11 is 1.69. The van der Waals surface area contributed by atoms with Gasteiger partial charge >= 0.3 is 0 Å². The van der Waals surface area contributed by atoms with E-state index in [0.29, 0.717) is 0 Å². The molecule has 0 atom stereocenters. The predicted octanol–water partition coefficient (Wildman–Crippen LogP) is 4.14. The van der Waals surface area contributed by atoms with Crippen molar-refractivity contribution in [2.75, 3.05) is 0 Å². The lowest BCUT2D eigenvalue weighted by Gasteiger charge is -2.17. The molecule has 3 heteroatoms. The van der Waals surface area contributed by atoms with E-state index in [1.807, 2.05) is 55.8 Å². The van der Waals surface area contributed by atoms with Gasteiger partial charge in [0.05, 0.1) is 0 Å². The van der Waals surface area contributed by atoms with Gasteiger partial charge in [-0.2, -0.15) is 0 Å². The molecule has 0 N–H and O–H groups in total. The Morgan fingerprint density at radius 2 is 1.53 bits per heavy atom. The molecule has 0 aliphatic carbocycles. The summed E-state index contributed by atoms with van der Waals surface area (Å²) in [6.45, 7) is 4.02. The molecule has 0 saturated heterocycles. The average Bonchev–Trinajstić information content (AvgIpc) is 2.17. The minimum absolute atomic E-state index is 0.920. The van der Waals surface area contributed by atoms with Gasteiger partial charge < -0.3 is 4.57 Å². The van der Waals surface area contributed by atoms with Crippen LogP contribution < -0.4 is 5.30 Å². The first-order chi connectivity index (χ1) is 7.10. The normalized spacial score (nSPS) is 19.3. The van der Waals surface area contributed by atoms with Gasteiger partial charge in [0.1, 0.15) is 0 Å². The number of thioether (sulfide) groups is 1. The Hall–Kier alpha value is -0.720. The van der Waals surface area contributed by atoms with E-state index in [1.54, 1.807) is 11.8 Å². The second kappa shape index (κ2) is 4.03. The Morgan fingerprint density at radius 3 is 2.07 bits per heavy atom. The Balaban J connectivity index is 2.52. The molecule has 0 radical (unpaired) electrons. The lowest BCUT2D eigenvalue weighted by molar-refractivity contribution is 0.591. The summed E-state index contributed by atoms with van der Waals surface area (Å²) in [7, 11) is -2.42. The molecule has 1 heterocycles. The second-order valence-corrected chi connectivity index (χ2v) is 7.57. The molecule has 0 spiro atoms. The third kappa shape index (κ3) is 2.27. The first-order valence-electron chi connectivity index (χ1n) is 4.82. The maximum atomic E-state index is 12.7. The van der Waals surface area contributed by atoms with Crippen LogP contribution in [0.25, 0.3) is 0 Å². The third-order valence-electron chi connectivity index (χ3n) is 2.23. The second-order valence-electron chi connectivity index (χ2n) is 3.63. The molecule has 1 aromatic rings. The van der Waals surface area contributed by atoms with Crippen molar-refractivity contribution in [3.05, 3.63) is 51.8 Å². The zero-order valence-corrected chi connectivity index (χ0v) is 10.5. The maximum Gasteiger partial charge on any atom is 0.158 e. The van der Waals surface area contributed by atoms with Crippen molar-refractivity contribution in [2.24, 2.45) is 0 Å². The lowest BCUT2D eigenvalue weighted by Crippen LogP contribution is -2.02. The third-order valence-corrected chi connectivity index (χ3v) is 6.10. The van der Waals surface area contributed by atoms with E-state index >= 15 is 0 Å². The topological polar surface area (TPSA) is 17.1 Å². The summed E-state index contributed by atoms with van der Waals surface area (Å²) in [4.78, 5) is 2.25. The standard InChI is InChI=1S/C12H13OPS/c1-10-8-14(13,9-11(2)15-10)12-6-4-3-5-7-12/h3-9H,1-2H3. The van der Waals surface area contributed by atoms with E-state index in [4.69, 9.17) is 0 Å². The fourth-order valence-corrected chi connectivity index (χ4v) is 5.65. The van der Waals surface area contributed by atoms with Crippen LogP contribution in [0.2, 0.25) is 0 Å². The maximum absolute atomic E-state index is 12.7. The van der Waals surface area contributed by atoms with Crippen molar-refractivity contribution >= 4 is 24.2 Å². The van der Waals surface area contributed by atoms with Crippen molar-refractivity contribution in [1.29, 1.82) is 0 Å².